The van der Waals surface area contributed by atoms with Gasteiger partial charge in [0.15, 0.2) is 0 Å². The lowest BCUT2D eigenvalue weighted by atomic mass is 10.00. The fraction of sp³-hybridized carbons (Fsp3) is 0.167. The van der Waals surface area contributed by atoms with Crippen LogP contribution in [0.5, 0.6) is 0 Å². The highest BCUT2D eigenvalue weighted by Gasteiger charge is 2.31. The minimum Gasteiger partial charge on any atom is -0.467 e. The van der Waals surface area contributed by atoms with Crippen molar-refractivity contribution in [1.82, 2.24) is 25.5 Å². The van der Waals surface area contributed by atoms with E-state index in [1.54, 1.807) is 17.0 Å². The van der Waals surface area contributed by atoms with Crippen LogP contribution in [0.1, 0.15) is 28.5 Å². The number of furan rings is 1. The molecule has 1 aliphatic rings. The Morgan fingerprint density at radius 1 is 1.06 bits per heavy atom. The summed E-state index contributed by atoms with van der Waals surface area (Å²) < 4.78 is 7.05. The third-order valence-electron chi connectivity index (χ3n) is 5.42. The van der Waals surface area contributed by atoms with E-state index >= 15 is 0 Å². The number of rotatable bonds is 6. The number of fused-ring (bicyclic) bond motifs is 1. The molecule has 0 radical (unpaired) electrons. The molecule has 160 valence electrons. The largest absolute Gasteiger partial charge is 0.467 e. The molecule has 1 amide bonds. The summed E-state index contributed by atoms with van der Waals surface area (Å²) in [4.78, 5) is 14.6. The van der Waals surface area contributed by atoms with E-state index in [2.05, 4.69) is 58.1 Å². The van der Waals surface area contributed by atoms with Crippen LogP contribution in [0.15, 0.2) is 83.5 Å². The molecule has 1 N–H and O–H groups in total. The van der Waals surface area contributed by atoms with Gasteiger partial charge < -0.3 is 9.73 Å². The van der Waals surface area contributed by atoms with Crippen LogP contribution in [-0.4, -0.2) is 32.7 Å². The van der Waals surface area contributed by atoms with Crippen molar-refractivity contribution in [1.29, 1.82) is 0 Å². The lowest BCUT2D eigenvalue weighted by Crippen LogP contribution is -2.39. The lowest BCUT2D eigenvalue weighted by Gasteiger charge is -2.32. The summed E-state index contributed by atoms with van der Waals surface area (Å²) in [7, 11) is 0. The third-order valence-corrected chi connectivity index (χ3v) is 5.42. The number of aromatic nitrogens is 4. The van der Waals surface area contributed by atoms with Gasteiger partial charge in [-0.1, -0.05) is 65.3 Å². The predicted octanol–water partition coefficient (Wildman–Crippen LogP) is 3.34. The van der Waals surface area contributed by atoms with Crippen molar-refractivity contribution in [3.05, 3.63) is 102 Å². The number of hydrogen-bond acceptors (Lipinski definition) is 6. The minimum atomic E-state index is -0.182. The van der Waals surface area contributed by atoms with Crippen molar-refractivity contribution in [2.45, 2.75) is 19.5 Å². The Morgan fingerprint density at radius 3 is 2.62 bits per heavy atom. The molecule has 1 atom stereocenters. The molecule has 0 aliphatic carbocycles. The second kappa shape index (κ2) is 8.50. The number of benzene rings is 2. The van der Waals surface area contributed by atoms with Gasteiger partial charge in [0, 0.05) is 0 Å². The molecule has 5 rings (SSSR count). The number of carbonyl (C=O) groups is 1. The first kappa shape index (κ1) is 19.7. The number of aryl methyl sites for hydroxylation is 1. The zero-order chi connectivity index (χ0) is 21.9. The van der Waals surface area contributed by atoms with Crippen LogP contribution in [0.25, 0.3) is 5.70 Å². The summed E-state index contributed by atoms with van der Waals surface area (Å²) in [5.74, 6) is 1.05. The number of tetrazole rings is 1. The Morgan fingerprint density at radius 2 is 1.88 bits per heavy atom. The van der Waals surface area contributed by atoms with Gasteiger partial charge in [0.2, 0.25) is 5.91 Å². The van der Waals surface area contributed by atoms with Crippen molar-refractivity contribution in [3.8, 4) is 0 Å². The Hall–Kier alpha value is -4.20. The number of nitrogens with one attached hydrogen (secondary N) is 1. The van der Waals surface area contributed by atoms with E-state index < -0.39 is 0 Å². The van der Waals surface area contributed by atoms with Gasteiger partial charge in [0.05, 0.1) is 18.5 Å². The first-order valence-electron chi connectivity index (χ1n) is 10.4. The molecule has 32 heavy (non-hydrogen) atoms. The molecular formula is C24H22N6O2. The van der Waals surface area contributed by atoms with E-state index in [4.69, 9.17) is 4.42 Å². The fourth-order valence-corrected chi connectivity index (χ4v) is 3.78. The average Bonchev–Trinajstić information content (AvgIpc) is 3.52. The zero-order valence-electron chi connectivity index (χ0n) is 17.5. The predicted molar refractivity (Wildman–Crippen MR) is 119 cm³/mol. The van der Waals surface area contributed by atoms with Gasteiger partial charge in [-0.3, -0.25) is 9.69 Å². The first-order valence-corrected chi connectivity index (χ1v) is 10.4. The highest BCUT2D eigenvalue weighted by Crippen LogP contribution is 2.36. The number of amides is 1. The summed E-state index contributed by atoms with van der Waals surface area (Å²) >= 11 is 0. The molecule has 0 bridgehead atoms. The van der Waals surface area contributed by atoms with Crippen molar-refractivity contribution in [3.63, 3.8) is 0 Å². The number of nitrogens with zero attached hydrogens (tertiary/aromatic N) is 5. The topological polar surface area (TPSA) is 89.1 Å². The molecule has 0 fully saturated rings. The van der Waals surface area contributed by atoms with Crippen LogP contribution < -0.4 is 10.2 Å². The number of allylic oxidation sites excluding steroid dienone is 1. The van der Waals surface area contributed by atoms with Crippen LogP contribution in [0.4, 0.5) is 5.95 Å². The van der Waals surface area contributed by atoms with E-state index in [1.165, 1.54) is 5.56 Å². The normalized spacial score (nSPS) is 15.2. The Kier molecular flexibility index (Phi) is 5.25. The molecule has 1 unspecified atom stereocenters. The Labute approximate surface area is 185 Å². The van der Waals surface area contributed by atoms with Crippen molar-refractivity contribution in [2.24, 2.45) is 0 Å². The molecule has 0 spiro atoms. The summed E-state index contributed by atoms with van der Waals surface area (Å²) in [6.07, 6.45) is 3.69. The molecule has 0 saturated carbocycles. The van der Waals surface area contributed by atoms with Gasteiger partial charge in [-0.2, -0.15) is 4.68 Å². The fourth-order valence-electron chi connectivity index (χ4n) is 3.78. The van der Waals surface area contributed by atoms with Gasteiger partial charge >= 0.3 is 0 Å². The summed E-state index contributed by atoms with van der Waals surface area (Å²) in [5.41, 5.74) is 4.12. The summed E-state index contributed by atoms with van der Waals surface area (Å²) in [6, 6.07) is 21.7. The Balaban J connectivity index is 1.49. The molecule has 2 aromatic heterocycles. The number of hydrogen-bond donors (Lipinski definition) is 1. The van der Waals surface area contributed by atoms with E-state index in [0.29, 0.717) is 18.3 Å². The molecule has 8 heteroatoms. The second-order valence-electron chi connectivity index (χ2n) is 7.64. The van der Waals surface area contributed by atoms with E-state index in [0.717, 1.165) is 16.8 Å². The van der Waals surface area contributed by atoms with E-state index in [1.807, 2.05) is 41.3 Å². The Bertz CT molecular complexity index is 1230. The maximum atomic E-state index is 12.8. The standard InChI is InChI=1S/C24H22N6O2/c1-17-9-11-19(12-10-17)22-14-21(18-6-3-2-4-7-18)29(24-26-27-28-30(22)24)16-23(31)25-15-20-8-5-13-32-20/h2-14,22H,15-16H2,1H3,(H,25,31). The molecule has 3 heterocycles. The van der Waals surface area contributed by atoms with Crippen LogP contribution in [-0.2, 0) is 11.3 Å². The van der Waals surface area contributed by atoms with Crippen LogP contribution >= 0.6 is 0 Å². The average molecular weight is 426 g/mol. The second-order valence-corrected chi connectivity index (χ2v) is 7.64. The van der Waals surface area contributed by atoms with Gasteiger partial charge in [-0.05, 0) is 46.7 Å². The maximum Gasteiger partial charge on any atom is 0.251 e. The molecule has 2 aromatic carbocycles. The number of carbonyl (C=O) groups excluding carboxylic acids is 1. The van der Waals surface area contributed by atoms with Gasteiger partial charge in [0.25, 0.3) is 5.95 Å². The summed E-state index contributed by atoms with van der Waals surface area (Å²) in [5, 5.41) is 15.3. The van der Waals surface area contributed by atoms with E-state index in [9.17, 15) is 4.79 Å². The lowest BCUT2D eigenvalue weighted by molar-refractivity contribution is -0.119. The van der Waals surface area contributed by atoms with Gasteiger partial charge in [-0.25, -0.2) is 0 Å². The molecule has 0 saturated heterocycles. The highest BCUT2D eigenvalue weighted by molar-refractivity contribution is 5.89. The van der Waals surface area contributed by atoms with Gasteiger partial charge in [0.1, 0.15) is 18.3 Å². The van der Waals surface area contributed by atoms with Crippen LogP contribution in [0.3, 0.4) is 0 Å². The van der Waals surface area contributed by atoms with Crippen molar-refractivity contribution >= 4 is 17.6 Å². The van der Waals surface area contributed by atoms with Crippen LogP contribution in [0, 0.1) is 6.92 Å². The zero-order valence-corrected chi connectivity index (χ0v) is 17.5. The quantitative estimate of drug-likeness (QED) is 0.509. The molecule has 1 aliphatic heterocycles. The minimum absolute atomic E-state index is 0.0719. The van der Waals surface area contributed by atoms with Crippen molar-refractivity contribution < 1.29 is 9.21 Å². The smallest absolute Gasteiger partial charge is 0.251 e. The maximum absolute atomic E-state index is 12.8. The highest BCUT2D eigenvalue weighted by atomic mass is 16.3. The molecule has 4 aromatic rings. The van der Waals surface area contributed by atoms with Gasteiger partial charge in [-0.15, -0.1) is 0 Å². The van der Waals surface area contributed by atoms with Crippen LogP contribution in [0.2, 0.25) is 0 Å². The first-order chi connectivity index (χ1) is 15.7. The molecule has 8 nitrogen and oxygen atoms in total. The SMILES string of the molecule is Cc1ccc(C2C=C(c3ccccc3)N(CC(=O)NCc3ccco3)c3nnnn32)cc1. The number of anilines is 1. The summed E-state index contributed by atoms with van der Waals surface area (Å²) in [6.45, 7) is 2.45. The molecular weight excluding hydrogens is 404 g/mol. The monoisotopic (exact) mass is 426 g/mol. The third kappa shape index (κ3) is 3.90. The van der Waals surface area contributed by atoms with E-state index in [-0.39, 0.29) is 18.5 Å². The van der Waals surface area contributed by atoms with Crippen molar-refractivity contribution in [2.75, 3.05) is 11.4 Å².